The summed E-state index contributed by atoms with van der Waals surface area (Å²) in [6, 6.07) is 10.2. The van der Waals surface area contributed by atoms with Crippen molar-refractivity contribution >= 4 is 11.9 Å². The van der Waals surface area contributed by atoms with Crippen molar-refractivity contribution in [2.45, 2.75) is 58.2 Å². The minimum atomic E-state index is -0.457. The molecule has 2 unspecified atom stereocenters. The first-order chi connectivity index (χ1) is 15.7. The molecule has 180 valence electrons. The van der Waals surface area contributed by atoms with Crippen molar-refractivity contribution in [1.29, 1.82) is 0 Å². The van der Waals surface area contributed by atoms with E-state index < -0.39 is 24.1 Å². The number of esters is 2. The lowest BCUT2D eigenvalue weighted by atomic mass is 9.98. The summed E-state index contributed by atoms with van der Waals surface area (Å²) < 4.78 is 21.3. The van der Waals surface area contributed by atoms with Gasteiger partial charge in [0.1, 0.15) is 12.2 Å². The van der Waals surface area contributed by atoms with E-state index in [0.29, 0.717) is 43.6 Å². The predicted molar refractivity (Wildman–Crippen MR) is 122 cm³/mol. The van der Waals surface area contributed by atoms with Crippen LogP contribution >= 0.6 is 0 Å². The maximum absolute atomic E-state index is 11.7. The summed E-state index contributed by atoms with van der Waals surface area (Å²) in [7, 11) is 2.96. The number of aromatic hydroxyl groups is 2. The zero-order valence-electron chi connectivity index (χ0n) is 19.5. The Labute approximate surface area is 194 Å². The number of aryl methyl sites for hydroxylation is 2. The molecule has 0 fully saturated rings. The van der Waals surface area contributed by atoms with Crippen LogP contribution in [0.5, 0.6) is 23.0 Å². The molecule has 0 bridgehead atoms. The first-order valence-electron chi connectivity index (χ1n) is 10.8. The van der Waals surface area contributed by atoms with Crippen LogP contribution in [-0.4, -0.2) is 48.6 Å². The number of carbonyl (C=O) groups excluding carboxylic acids is 2. The fourth-order valence-electron chi connectivity index (χ4n) is 3.62. The second-order valence-corrected chi connectivity index (χ2v) is 7.79. The Morgan fingerprint density at radius 2 is 1.15 bits per heavy atom. The average molecular weight is 461 g/mol. The highest BCUT2D eigenvalue weighted by molar-refractivity contribution is 5.66. The minimum Gasteiger partial charge on any atom is -0.504 e. The molecule has 2 aromatic carbocycles. The standard InChI is InChI=1S/C25H32O8/c1-16(26)32-20(9-5-18-7-11-22(28)24(13-18)30-3)15-21(33-17(2)27)10-6-19-8-12-23(29)25(14-19)31-4/h7-8,11-14,20-21,28-29H,5-6,9-10,15H2,1-4H3. The van der Waals surface area contributed by atoms with Gasteiger partial charge in [-0.25, -0.2) is 0 Å². The molecule has 0 amide bonds. The van der Waals surface area contributed by atoms with Crippen LogP contribution in [0.2, 0.25) is 0 Å². The maximum atomic E-state index is 11.7. The second kappa shape index (κ2) is 12.6. The highest BCUT2D eigenvalue weighted by Gasteiger charge is 2.22. The number of methoxy groups -OCH3 is 2. The van der Waals surface area contributed by atoms with Gasteiger partial charge in [0.2, 0.25) is 0 Å². The zero-order valence-corrected chi connectivity index (χ0v) is 19.5. The third-order valence-corrected chi connectivity index (χ3v) is 5.19. The number of benzene rings is 2. The monoisotopic (exact) mass is 460 g/mol. The molecular formula is C25H32O8. The van der Waals surface area contributed by atoms with Crippen molar-refractivity contribution in [2.24, 2.45) is 0 Å². The van der Waals surface area contributed by atoms with E-state index in [4.69, 9.17) is 18.9 Å². The van der Waals surface area contributed by atoms with Gasteiger partial charge >= 0.3 is 11.9 Å². The number of ether oxygens (including phenoxy) is 4. The van der Waals surface area contributed by atoms with Gasteiger partial charge < -0.3 is 29.2 Å². The summed E-state index contributed by atoms with van der Waals surface area (Å²) in [5, 5.41) is 19.5. The van der Waals surface area contributed by atoms with E-state index in [0.717, 1.165) is 11.1 Å². The van der Waals surface area contributed by atoms with Crippen molar-refractivity contribution in [3.63, 3.8) is 0 Å². The molecule has 8 nitrogen and oxygen atoms in total. The van der Waals surface area contributed by atoms with E-state index in [-0.39, 0.29) is 11.5 Å². The van der Waals surface area contributed by atoms with E-state index in [2.05, 4.69) is 0 Å². The fourth-order valence-corrected chi connectivity index (χ4v) is 3.62. The van der Waals surface area contributed by atoms with Crippen LogP contribution < -0.4 is 9.47 Å². The van der Waals surface area contributed by atoms with Crippen molar-refractivity contribution in [3.05, 3.63) is 47.5 Å². The number of carbonyl (C=O) groups is 2. The molecular weight excluding hydrogens is 428 g/mol. The molecule has 0 aliphatic heterocycles. The predicted octanol–water partition coefficient (Wildman–Crippen LogP) is 3.93. The number of hydrogen-bond donors (Lipinski definition) is 2. The Morgan fingerprint density at radius 1 is 0.758 bits per heavy atom. The molecule has 0 saturated heterocycles. The second-order valence-electron chi connectivity index (χ2n) is 7.79. The van der Waals surface area contributed by atoms with Crippen LogP contribution in [-0.2, 0) is 31.9 Å². The highest BCUT2D eigenvalue weighted by Crippen LogP contribution is 2.29. The van der Waals surface area contributed by atoms with Gasteiger partial charge in [0.15, 0.2) is 23.0 Å². The molecule has 8 heteroatoms. The SMILES string of the molecule is COc1cc(CCC(CC(CCc2ccc(O)c(OC)c2)OC(C)=O)OC(C)=O)ccc1O. The first kappa shape index (κ1) is 25.8. The van der Waals surface area contributed by atoms with E-state index in [9.17, 15) is 19.8 Å². The van der Waals surface area contributed by atoms with E-state index in [1.54, 1.807) is 36.4 Å². The van der Waals surface area contributed by atoms with Crippen LogP contribution in [0.15, 0.2) is 36.4 Å². The normalized spacial score (nSPS) is 12.5. The number of rotatable bonds is 12. The molecule has 0 aromatic heterocycles. The largest absolute Gasteiger partial charge is 0.504 e. The Kier molecular flexibility index (Phi) is 9.84. The lowest BCUT2D eigenvalue weighted by Gasteiger charge is -2.24. The smallest absolute Gasteiger partial charge is 0.302 e. The Morgan fingerprint density at radius 3 is 1.48 bits per heavy atom. The van der Waals surface area contributed by atoms with Crippen LogP contribution in [0, 0.1) is 0 Å². The summed E-state index contributed by atoms with van der Waals surface area (Å²) in [6.45, 7) is 2.69. The van der Waals surface area contributed by atoms with Gasteiger partial charge in [0, 0.05) is 20.3 Å². The van der Waals surface area contributed by atoms with Crippen LogP contribution in [0.3, 0.4) is 0 Å². The Hall–Kier alpha value is -3.42. The van der Waals surface area contributed by atoms with Gasteiger partial charge in [0.05, 0.1) is 14.2 Å². The Bertz CT molecular complexity index is 864. The quantitative estimate of drug-likeness (QED) is 0.458. The summed E-state index contributed by atoms with van der Waals surface area (Å²) >= 11 is 0. The third-order valence-electron chi connectivity index (χ3n) is 5.19. The molecule has 0 radical (unpaired) electrons. The van der Waals surface area contributed by atoms with Crippen molar-refractivity contribution in [1.82, 2.24) is 0 Å². The molecule has 0 aliphatic carbocycles. The van der Waals surface area contributed by atoms with E-state index in [1.165, 1.54) is 28.1 Å². The molecule has 0 saturated carbocycles. The molecule has 2 aromatic rings. The molecule has 33 heavy (non-hydrogen) atoms. The van der Waals surface area contributed by atoms with Crippen molar-refractivity contribution in [2.75, 3.05) is 14.2 Å². The van der Waals surface area contributed by atoms with Crippen LogP contribution in [0.25, 0.3) is 0 Å². The summed E-state index contributed by atoms with van der Waals surface area (Å²) in [6.07, 6.45) is 1.62. The lowest BCUT2D eigenvalue weighted by Crippen LogP contribution is -2.27. The first-order valence-corrected chi connectivity index (χ1v) is 10.8. The zero-order chi connectivity index (χ0) is 24.4. The number of phenols is 2. The molecule has 0 heterocycles. The van der Waals surface area contributed by atoms with Gasteiger partial charge in [-0.1, -0.05) is 12.1 Å². The molecule has 0 aliphatic rings. The molecule has 2 atom stereocenters. The maximum Gasteiger partial charge on any atom is 0.302 e. The third kappa shape index (κ3) is 8.56. The fraction of sp³-hybridized carbons (Fsp3) is 0.440. The highest BCUT2D eigenvalue weighted by atomic mass is 16.6. The van der Waals surface area contributed by atoms with Gasteiger partial charge in [0.25, 0.3) is 0 Å². The summed E-state index contributed by atoms with van der Waals surface area (Å²) in [5.41, 5.74) is 1.84. The van der Waals surface area contributed by atoms with Gasteiger partial charge in [-0.3, -0.25) is 9.59 Å². The molecule has 0 spiro atoms. The van der Waals surface area contributed by atoms with Gasteiger partial charge in [-0.15, -0.1) is 0 Å². The lowest BCUT2D eigenvalue weighted by molar-refractivity contribution is -0.153. The molecule has 2 rings (SSSR count). The average Bonchev–Trinajstić information content (AvgIpc) is 2.76. The minimum absolute atomic E-state index is 0.0542. The van der Waals surface area contributed by atoms with E-state index >= 15 is 0 Å². The van der Waals surface area contributed by atoms with Gasteiger partial charge in [-0.05, 0) is 61.1 Å². The molecule has 2 N–H and O–H groups in total. The summed E-state index contributed by atoms with van der Waals surface area (Å²) in [5.74, 6) is 0.0377. The van der Waals surface area contributed by atoms with Gasteiger partial charge in [-0.2, -0.15) is 0 Å². The number of hydrogen-bond acceptors (Lipinski definition) is 8. The van der Waals surface area contributed by atoms with Crippen LogP contribution in [0.4, 0.5) is 0 Å². The van der Waals surface area contributed by atoms with E-state index in [1.807, 2.05) is 0 Å². The topological polar surface area (TPSA) is 112 Å². The Balaban J connectivity index is 2.07. The van der Waals surface area contributed by atoms with Crippen molar-refractivity contribution in [3.8, 4) is 23.0 Å². The number of phenolic OH excluding ortho intramolecular Hbond substituents is 2. The summed E-state index contributed by atoms with van der Waals surface area (Å²) in [4.78, 5) is 23.4. The van der Waals surface area contributed by atoms with Crippen LogP contribution in [0.1, 0.15) is 44.2 Å². The van der Waals surface area contributed by atoms with Crippen molar-refractivity contribution < 1.29 is 38.7 Å².